The first kappa shape index (κ1) is 21.4. The zero-order valence-electron chi connectivity index (χ0n) is 18.6. The lowest BCUT2D eigenvalue weighted by molar-refractivity contribution is 0.0450. The van der Waals surface area contributed by atoms with Gasteiger partial charge >= 0.3 is 5.97 Å². The van der Waals surface area contributed by atoms with E-state index < -0.39 is 5.97 Å². The van der Waals surface area contributed by atoms with Crippen molar-refractivity contribution < 1.29 is 19.0 Å². The van der Waals surface area contributed by atoms with Gasteiger partial charge in [0.1, 0.15) is 28.4 Å². The van der Waals surface area contributed by atoms with Crippen molar-refractivity contribution >= 4 is 34.0 Å². The number of anilines is 1. The van der Waals surface area contributed by atoms with Crippen LogP contribution >= 0.6 is 0 Å². The number of hydrogen-bond acceptors (Lipinski definition) is 7. The fraction of sp³-hybridized carbons (Fsp3) is 0.292. The molecule has 0 radical (unpaired) electrons. The van der Waals surface area contributed by atoms with Gasteiger partial charge < -0.3 is 19.9 Å². The highest BCUT2D eigenvalue weighted by Crippen LogP contribution is 2.34. The molecule has 8 heteroatoms. The minimum Gasteiger partial charge on any atom is -0.497 e. The largest absolute Gasteiger partial charge is 0.497 e. The van der Waals surface area contributed by atoms with Crippen molar-refractivity contribution in [3.63, 3.8) is 0 Å². The lowest BCUT2D eigenvalue weighted by atomic mass is 10.1. The van der Waals surface area contributed by atoms with E-state index in [2.05, 4.69) is 0 Å². The highest BCUT2D eigenvalue weighted by atomic mass is 16.5. The van der Waals surface area contributed by atoms with Gasteiger partial charge in [-0.05, 0) is 18.1 Å². The van der Waals surface area contributed by atoms with Crippen molar-refractivity contribution in [1.82, 2.24) is 14.5 Å². The molecule has 0 fully saturated rings. The molecule has 4 rings (SSSR count). The Morgan fingerprint density at radius 1 is 1.06 bits per heavy atom. The van der Waals surface area contributed by atoms with Gasteiger partial charge in [-0.1, -0.05) is 32.4 Å². The molecule has 8 nitrogen and oxygen atoms in total. The molecule has 0 amide bonds. The quantitative estimate of drug-likeness (QED) is 0.431. The summed E-state index contributed by atoms with van der Waals surface area (Å²) >= 11 is 0. The van der Waals surface area contributed by atoms with E-state index in [1.54, 1.807) is 37.0 Å². The number of methoxy groups -OCH3 is 2. The zero-order chi connectivity index (χ0) is 22.8. The molecule has 0 aliphatic carbocycles. The lowest BCUT2D eigenvalue weighted by Gasteiger charge is -2.12. The third-order valence-corrected chi connectivity index (χ3v) is 5.49. The van der Waals surface area contributed by atoms with Crippen LogP contribution in [0.25, 0.3) is 27.9 Å². The topological polar surface area (TPSA) is 101 Å². The van der Waals surface area contributed by atoms with Crippen LogP contribution in [-0.4, -0.2) is 41.3 Å². The van der Waals surface area contributed by atoms with E-state index in [4.69, 9.17) is 29.9 Å². The summed E-state index contributed by atoms with van der Waals surface area (Å²) in [7, 11) is 3.14. The van der Waals surface area contributed by atoms with Gasteiger partial charge in [-0.25, -0.2) is 14.8 Å². The third kappa shape index (κ3) is 3.79. The first-order valence-corrected chi connectivity index (χ1v) is 10.4. The number of carbonyl (C=O) groups is 1. The van der Waals surface area contributed by atoms with Crippen LogP contribution in [0, 0.1) is 5.92 Å². The summed E-state index contributed by atoms with van der Waals surface area (Å²) in [6, 6.07) is 12.8. The third-order valence-electron chi connectivity index (χ3n) is 5.49. The van der Waals surface area contributed by atoms with E-state index in [0.717, 1.165) is 6.42 Å². The number of hydrogen-bond donors (Lipinski definition) is 1. The Hall–Kier alpha value is -3.81. The molecule has 0 bridgehead atoms. The molecule has 2 heterocycles. The van der Waals surface area contributed by atoms with Crippen molar-refractivity contribution in [1.29, 1.82) is 0 Å². The van der Waals surface area contributed by atoms with E-state index in [1.807, 2.05) is 38.1 Å². The molecule has 0 aliphatic heterocycles. The normalized spacial score (nSPS) is 12.1. The van der Waals surface area contributed by atoms with Gasteiger partial charge in [-0.15, -0.1) is 0 Å². The van der Waals surface area contributed by atoms with Crippen LogP contribution < -0.4 is 15.2 Å². The first-order chi connectivity index (χ1) is 15.5. The van der Waals surface area contributed by atoms with Crippen LogP contribution in [0.3, 0.4) is 0 Å². The second-order valence-corrected chi connectivity index (χ2v) is 7.66. The molecule has 0 saturated heterocycles. The molecule has 166 valence electrons. The number of esters is 1. The molecule has 1 atom stereocenters. The standard InChI is InChI=1S/C24H26N4O4/c1-5-14(2)13-32-24(29)20-21-23(27-19-9-7-6-8-18(19)26-21)28(22(20)25)15-10-16(30-3)12-17(11-15)31-4/h6-12,14H,5,13,25H2,1-4H3/t14-/m0/s1. The summed E-state index contributed by atoms with van der Waals surface area (Å²) in [6.45, 7) is 4.37. The Morgan fingerprint density at radius 2 is 1.69 bits per heavy atom. The number of nitrogen functional groups attached to an aromatic ring is 1. The van der Waals surface area contributed by atoms with Crippen molar-refractivity contribution in [2.45, 2.75) is 20.3 Å². The lowest BCUT2D eigenvalue weighted by Crippen LogP contribution is -2.13. The summed E-state index contributed by atoms with van der Waals surface area (Å²) in [5.74, 6) is 1.07. The molecule has 0 unspecified atom stereocenters. The average Bonchev–Trinajstić information content (AvgIpc) is 3.10. The number of ether oxygens (including phenoxy) is 3. The number of rotatable bonds is 7. The maximum atomic E-state index is 13.1. The number of carbonyl (C=O) groups excluding carboxylic acids is 1. The monoisotopic (exact) mass is 434 g/mol. The van der Waals surface area contributed by atoms with E-state index in [0.29, 0.717) is 46.0 Å². The minimum atomic E-state index is -0.522. The first-order valence-electron chi connectivity index (χ1n) is 10.4. The second kappa shape index (κ2) is 8.74. The molecule has 0 saturated carbocycles. The van der Waals surface area contributed by atoms with Crippen LogP contribution in [0.4, 0.5) is 5.82 Å². The molecular formula is C24H26N4O4. The van der Waals surface area contributed by atoms with E-state index in [1.165, 1.54) is 0 Å². The van der Waals surface area contributed by atoms with Crippen LogP contribution in [0.5, 0.6) is 11.5 Å². The Kier molecular flexibility index (Phi) is 5.85. The Balaban J connectivity index is 1.98. The van der Waals surface area contributed by atoms with Crippen LogP contribution in [-0.2, 0) is 4.74 Å². The summed E-state index contributed by atoms with van der Waals surface area (Å²) in [5.41, 5.74) is 9.55. The Bertz CT molecular complexity index is 1280. The SMILES string of the molecule is CC[C@H](C)COC(=O)c1c(N)n(-c2cc(OC)cc(OC)c2)c2nc3ccccc3nc12. The summed E-state index contributed by atoms with van der Waals surface area (Å²) in [5, 5.41) is 0. The number of nitrogens with zero attached hydrogens (tertiary/aromatic N) is 3. The molecule has 0 spiro atoms. The van der Waals surface area contributed by atoms with Gasteiger partial charge in [0.05, 0.1) is 37.5 Å². The zero-order valence-corrected chi connectivity index (χ0v) is 18.6. The summed E-state index contributed by atoms with van der Waals surface area (Å²) < 4.78 is 18.1. The number of aromatic nitrogens is 3. The molecule has 0 aliphatic rings. The summed E-state index contributed by atoms with van der Waals surface area (Å²) in [4.78, 5) is 22.6. The average molecular weight is 434 g/mol. The molecular weight excluding hydrogens is 408 g/mol. The van der Waals surface area contributed by atoms with Crippen LogP contribution in [0.15, 0.2) is 42.5 Å². The Labute approximate surface area is 185 Å². The highest BCUT2D eigenvalue weighted by molar-refractivity contribution is 6.09. The number of para-hydroxylation sites is 2. The van der Waals surface area contributed by atoms with Crippen molar-refractivity contribution in [3.05, 3.63) is 48.0 Å². The highest BCUT2D eigenvalue weighted by Gasteiger charge is 2.26. The Morgan fingerprint density at radius 3 is 2.28 bits per heavy atom. The van der Waals surface area contributed by atoms with E-state index >= 15 is 0 Å². The van der Waals surface area contributed by atoms with E-state index in [9.17, 15) is 4.79 Å². The maximum Gasteiger partial charge on any atom is 0.344 e. The smallest absolute Gasteiger partial charge is 0.344 e. The minimum absolute atomic E-state index is 0.194. The number of benzene rings is 2. The number of nitrogens with two attached hydrogens (primary N) is 1. The van der Waals surface area contributed by atoms with Crippen molar-refractivity contribution in [2.24, 2.45) is 5.92 Å². The van der Waals surface area contributed by atoms with Crippen molar-refractivity contribution in [3.8, 4) is 17.2 Å². The maximum absolute atomic E-state index is 13.1. The predicted octanol–water partition coefficient (Wildman–Crippen LogP) is 4.38. The fourth-order valence-electron chi connectivity index (χ4n) is 3.45. The van der Waals surface area contributed by atoms with Gasteiger partial charge in [-0.2, -0.15) is 0 Å². The molecule has 2 aromatic carbocycles. The van der Waals surface area contributed by atoms with Gasteiger partial charge in [-0.3, -0.25) is 4.57 Å². The fourth-order valence-corrected chi connectivity index (χ4v) is 3.45. The molecule has 2 N–H and O–H groups in total. The van der Waals surface area contributed by atoms with Gasteiger partial charge in [0.15, 0.2) is 5.65 Å². The van der Waals surface area contributed by atoms with Gasteiger partial charge in [0.25, 0.3) is 0 Å². The van der Waals surface area contributed by atoms with Gasteiger partial charge in [0.2, 0.25) is 0 Å². The van der Waals surface area contributed by atoms with Gasteiger partial charge in [0, 0.05) is 18.2 Å². The van der Waals surface area contributed by atoms with E-state index in [-0.39, 0.29) is 17.3 Å². The molecule has 32 heavy (non-hydrogen) atoms. The molecule has 4 aromatic rings. The molecule has 2 aromatic heterocycles. The van der Waals surface area contributed by atoms with Crippen molar-refractivity contribution in [2.75, 3.05) is 26.6 Å². The summed E-state index contributed by atoms with van der Waals surface area (Å²) in [6.07, 6.45) is 0.901. The number of fused-ring (bicyclic) bond motifs is 2. The van der Waals surface area contributed by atoms with Crippen LogP contribution in [0.2, 0.25) is 0 Å². The van der Waals surface area contributed by atoms with Crippen LogP contribution in [0.1, 0.15) is 30.6 Å². The predicted molar refractivity (Wildman–Crippen MR) is 124 cm³/mol. The second-order valence-electron chi connectivity index (χ2n) is 7.66.